The van der Waals surface area contributed by atoms with E-state index in [9.17, 15) is 9.59 Å². The molecular formula is C22H27NO3S. The van der Waals surface area contributed by atoms with Gasteiger partial charge in [0.25, 0.3) is 0 Å². The van der Waals surface area contributed by atoms with Gasteiger partial charge < -0.3 is 10.1 Å². The largest absolute Gasteiger partial charge is 0.462 e. The predicted octanol–water partition coefficient (Wildman–Crippen LogP) is 5.49. The number of nitrogens with one attached hydrogen (secondary N) is 1. The fourth-order valence-electron chi connectivity index (χ4n) is 2.58. The number of anilines is 1. The molecule has 27 heavy (non-hydrogen) atoms. The average molecular weight is 386 g/mol. The highest BCUT2D eigenvalue weighted by atomic mass is 32.1. The van der Waals surface area contributed by atoms with Crippen molar-refractivity contribution >= 4 is 34.3 Å². The normalized spacial score (nSPS) is 11.6. The van der Waals surface area contributed by atoms with Crippen LogP contribution in [0.4, 0.5) is 5.00 Å². The molecule has 2 aromatic rings. The van der Waals surface area contributed by atoms with E-state index in [-0.39, 0.29) is 11.3 Å². The van der Waals surface area contributed by atoms with Crippen LogP contribution in [-0.4, -0.2) is 18.5 Å². The Labute approximate surface area is 165 Å². The van der Waals surface area contributed by atoms with Gasteiger partial charge >= 0.3 is 5.97 Å². The highest BCUT2D eigenvalue weighted by Crippen LogP contribution is 2.33. The number of carbonyl (C=O) groups is 2. The minimum absolute atomic E-state index is 0.0952. The summed E-state index contributed by atoms with van der Waals surface area (Å²) in [5, 5.41) is 3.34. The second-order valence-corrected chi connectivity index (χ2v) is 8.63. The topological polar surface area (TPSA) is 55.4 Å². The summed E-state index contributed by atoms with van der Waals surface area (Å²) in [6, 6.07) is 8.13. The molecule has 4 nitrogen and oxygen atoms in total. The van der Waals surface area contributed by atoms with Crippen LogP contribution in [0, 0.1) is 13.8 Å². The van der Waals surface area contributed by atoms with Gasteiger partial charge in [0.15, 0.2) is 0 Å². The van der Waals surface area contributed by atoms with Gasteiger partial charge in [0, 0.05) is 11.0 Å². The fraction of sp³-hybridized carbons (Fsp3) is 0.364. The Morgan fingerprint density at radius 1 is 1.15 bits per heavy atom. The molecule has 0 aliphatic heterocycles. The molecule has 0 aliphatic rings. The predicted molar refractivity (Wildman–Crippen MR) is 113 cm³/mol. The minimum atomic E-state index is -0.406. The summed E-state index contributed by atoms with van der Waals surface area (Å²) in [5.41, 5.74) is 3.57. The number of benzene rings is 1. The number of hydrogen-bond donors (Lipinski definition) is 1. The summed E-state index contributed by atoms with van der Waals surface area (Å²) in [5.74, 6) is -0.682. The maximum atomic E-state index is 12.3. The second kappa shape index (κ2) is 8.53. The van der Waals surface area contributed by atoms with E-state index < -0.39 is 5.97 Å². The molecule has 0 unspecified atom stereocenters. The lowest BCUT2D eigenvalue weighted by Gasteiger charge is -2.18. The molecule has 0 aliphatic carbocycles. The van der Waals surface area contributed by atoms with Crippen LogP contribution >= 0.6 is 11.3 Å². The van der Waals surface area contributed by atoms with Gasteiger partial charge in [-0.05, 0) is 49.0 Å². The smallest absolute Gasteiger partial charge is 0.341 e. The van der Waals surface area contributed by atoms with Crippen molar-refractivity contribution in [2.75, 3.05) is 11.9 Å². The van der Waals surface area contributed by atoms with E-state index >= 15 is 0 Å². The minimum Gasteiger partial charge on any atom is -0.462 e. The monoisotopic (exact) mass is 385 g/mol. The van der Waals surface area contributed by atoms with Gasteiger partial charge in [-0.3, -0.25) is 4.79 Å². The summed E-state index contributed by atoms with van der Waals surface area (Å²) >= 11 is 1.38. The molecule has 0 fully saturated rings. The zero-order valence-electron chi connectivity index (χ0n) is 16.8. The van der Waals surface area contributed by atoms with E-state index in [0.29, 0.717) is 17.2 Å². The van der Waals surface area contributed by atoms with E-state index in [1.54, 1.807) is 13.0 Å². The van der Waals surface area contributed by atoms with Crippen molar-refractivity contribution in [1.82, 2.24) is 0 Å². The van der Waals surface area contributed by atoms with E-state index in [0.717, 1.165) is 16.0 Å². The summed E-state index contributed by atoms with van der Waals surface area (Å²) in [7, 11) is 0. The van der Waals surface area contributed by atoms with Crippen LogP contribution in [0.2, 0.25) is 0 Å². The molecule has 0 saturated heterocycles. The molecule has 0 bridgehead atoms. The standard InChI is InChI=1S/C22H27NO3S/c1-7-26-21(25)19-14(2)15(3)27-20(19)23-18(24)13-10-16-8-11-17(12-9-16)22(4,5)6/h8-13H,7H2,1-6H3,(H,23,24). The molecule has 0 radical (unpaired) electrons. The lowest BCUT2D eigenvalue weighted by Crippen LogP contribution is -2.12. The number of amides is 1. The van der Waals surface area contributed by atoms with Crippen LogP contribution in [0.25, 0.3) is 6.08 Å². The third-order valence-electron chi connectivity index (χ3n) is 4.31. The SMILES string of the molecule is CCOC(=O)c1c(NC(=O)C=Cc2ccc(C(C)(C)C)cc2)sc(C)c1C. The first kappa shape index (κ1) is 20.9. The van der Waals surface area contributed by atoms with Gasteiger partial charge in [-0.15, -0.1) is 11.3 Å². The summed E-state index contributed by atoms with van der Waals surface area (Å²) < 4.78 is 5.11. The van der Waals surface area contributed by atoms with E-state index in [2.05, 4.69) is 38.2 Å². The number of thiophene rings is 1. The second-order valence-electron chi connectivity index (χ2n) is 7.40. The molecule has 1 aromatic carbocycles. The third-order valence-corrected chi connectivity index (χ3v) is 5.43. The molecule has 1 amide bonds. The molecule has 0 spiro atoms. The first-order valence-electron chi connectivity index (χ1n) is 9.00. The molecule has 0 saturated carbocycles. The van der Waals surface area contributed by atoms with Crippen molar-refractivity contribution in [2.24, 2.45) is 0 Å². The zero-order valence-corrected chi connectivity index (χ0v) is 17.6. The number of hydrogen-bond acceptors (Lipinski definition) is 4. The highest BCUT2D eigenvalue weighted by Gasteiger charge is 2.21. The number of carbonyl (C=O) groups excluding carboxylic acids is 2. The molecule has 1 aromatic heterocycles. The number of ether oxygens (including phenoxy) is 1. The Morgan fingerprint density at radius 3 is 2.33 bits per heavy atom. The van der Waals surface area contributed by atoms with Gasteiger partial charge in [0.1, 0.15) is 5.00 Å². The number of aryl methyl sites for hydroxylation is 1. The average Bonchev–Trinajstić information content (AvgIpc) is 2.86. The van der Waals surface area contributed by atoms with Gasteiger partial charge in [-0.2, -0.15) is 0 Å². The molecule has 1 heterocycles. The lowest BCUT2D eigenvalue weighted by molar-refractivity contribution is -0.111. The molecule has 144 valence electrons. The van der Waals surface area contributed by atoms with Crippen molar-refractivity contribution in [3.8, 4) is 0 Å². The van der Waals surface area contributed by atoms with E-state index in [1.165, 1.54) is 23.0 Å². The van der Waals surface area contributed by atoms with Gasteiger partial charge in [0.2, 0.25) is 5.91 Å². The van der Waals surface area contributed by atoms with Crippen LogP contribution in [0.15, 0.2) is 30.3 Å². The maximum absolute atomic E-state index is 12.3. The van der Waals surface area contributed by atoms with Crippen LogP contribution < -0.4 is 5.32 Å². The van der Waals surface area contributed by atoms with Gasteiger partial charge in [-0.1, -0.05) is 45.0 Å². The molecule has 2 rings (SSSR count). The number of esters is 1. The Kier molecular flexibility index (Phi) is 6.60. The lowest BCUT2D eigenvalue weighted by atomic mass is 9.87. The molecular weight excluding hydrogens is 358 g/mol. The third kappa shape index (κ3) is 5.30. The van der Waals surface area contributed by atoms with Crippen LogP contribution in [-0.2, 0) is 14.9 Å². The fourth-order valence-corrected chi connectivity index (χ4v) is 3.64. The van der Waals surface area contributed by atoms with Crippen LogP contribution in [0.3, 0.4) is 0 Å². The first-order chi connectivity index (χ1) is 12.6. The molecule has 0 atom stereocenters. The summed E-state index contributed by atoms with van der Waals surface area (Å²) in [4.78, 5) is 25.5. The van der Waals surface area contributed by atoms with Crippen LogP contribution in [0.5, 0.6) is 0 Å². The van der Waals surface area contributed by atoms with Crippen LogP contribution in [0.1, 0.15) is 59.6 Å². The maximum Gasteiger partial charge on any atom is 0.341 e. The highest BCUT2D eigenvalue weighted by molar-refractivity contribution is 7.16. The van der Waals surface area contributed by atoms with E-state index in [4.69, 9.17) is 4.74 Å². The Morgan fingerprint density at radius 2 is 1.78 bits per heavy atom. The summed E-state index contributed by atoms with van der Waals surface area (Å²) in [6.07, 6.45) is 3.24. The zero-order chi connectivity index (χ0) is 20.2. The number of rotatable bonds is 5. The molecule has 5 heteroatoms. The quantitative estimate of drug-likeness (QED) is 0.547. The van der Waals surface area contributed by atoms with Gasteiger partial charge in [0.05, 0.1) is 12.2 Å². The van der Waals surface area contributed by atoms with Crippen molar-refractivity contribution in [3.63, 3.8) is 0 Å². The van der Waals surface area contributed by atoms with Crippen molar-refractivity contribution < 1.29 is 14.3 Å². The molecule has 1 N–H and O–H groups in total. The Hall–Kier alpha value is -2.40. The Bertz CT molecular complexity index is 855. The van der Waals surface area contributed by atoms with Gasteiger partial charge in [-0.25, -0.2) is 4.79 Å². The first-order valence-corrected chi connectivity index (χ1v) is 9.81. The van der Waals surface area contributed by atoms with Crippen molar-refractivity contribution in [2.45, 2.75) is 47.0 Å². The Balaban J connectivity index is 2.13. The van der Waals surface area contributed by atoms with E-state index in [1.807, 2.05) is 26.0 Å². The van der Waals surface area contributed by atoms with Crippen molar-refractivity contribution in [1.29, 1.82) is 0 Å². The summed E-state index contributed by atoms with van der Waals surface area (Å²) in [6.45, 7) is 12.3. The van der Waals surface area contributed by atoms with Crippen molar-refractivity contribution in [3.05, 3.63) is 57.5 Å².